The van der Waals surface area contributed by atoms with E-state index in [0.29, 0.717) is 18.5 Å². The van der Waals surface area contributed by atoms with Crippen molar-refractivity contribution in [1.29, 1.82) is 0 Å². The van der Waals surface area contributed by atoms with Gasteiger partial charge in [0.2, 0.25) is 0 Å². The van der Waals surface area contributed by atoms with Crippen LogP contribution < -0.4 is 5.32 Å². The van der Waals surface area contributed by atoms with E-state index in [9.17, 15) is 5.11 Å². The van der Waals surface area contributed by atoms with Gasteiger partial charge in [-0.3, -0.25) is 0 Å². The molecule has 1 rings (SSSR count). The van der Waals surface area contributed by atoms with Crippen LogP contribution in [0.3, 0.4) is 0 Å². The molecule has 0 aromatic heterocycles. The lowest BCUT2D eigenvalue weighted by atomic mass is 9.96. The molecule has 1 aromatic rings. The fraction of sp³-hybridized carbons (Fsp3) is 0.600. The summed E-state index contributed by atoms with van der Waals surface area (Å²) in [6, 6.07) is 10.6. The molecule has 0 saturated carbocycles. The van der Waals surface area contributed by atoms with Crippen molar-refractivity contribution in [2.45, 2.75) is 45.8 Å². The third-order valence-electron chi connectivity index (χ3n) is 3.53. The number of nitrogens with one attached hydrogen (secondary N) is 1. The van der Waals surface area contributed by atoms with Crippen LogP contribution in [0.1, 0.15) is 45.2 Å². The first kappa shape index (κ1) is 14.2. The predicted molar refractivity (Wildman–Crippen MR) is 72.9 cm³/mol. The highest BCUT2D eigenvalue weighted by molar-refractivity contribution is 5.17. The van der Waals surface area contributed by atoms with Crippen LogP contribution in [-0.2, 0) is 0 Å². The molecule has 0 heterocycles. The fourth-order valence-electron chi connectivity index (χ4n) is 2.16. The minimum Gasteiger partial charge on any atom is -0.392 e. The molecule has 0 amide bonds. The molecule has 0 fully saturated rings. The first-order valence-corrected chi connectivity index (χ1v) is 6.65. The van der Waals surface area contributed by atoms with E-state index in [4.69, 9.17) is 0 Å². The Labute approximate surface area is 105 Å². The minimum atomic E-state index is -0.240. The maximum Gasteiger partial charge on any atom is 0.0692 e. The van der Waals surface area contributed by atoms with Crippen molar-refractivity contribution < 1.29 is 5.11 Å². The van der Waals surface area contributed by atoms with Crippen molar-refractivity contribution in [2.75, 3.05) is 6.54 Å². The molecular formula is C15H25NO. The van der Waals surface area contributed by atoms with Gasteiger partial charge in [0.05, 0.1) is 6.10 Å². The number of hydrogen-bond donors (Lipinski definition) is 2. The molecule has 2 heteroatoms. The second-order valence-corrected chi connectivity index (χ2v) is 4.68. The van der Waals surface area contributed by atoms with E-state index in [1.165, 1.54) is 5.56 Å². The van der Waals surface area contributed by atoms with E-state index in [-0.39, 0.29) is 6.10 Å². The van der Waals surface area contributed by atoms with Gasteiger partial charge in [0, 0.05) is 12.6 Å². The van der Waals surface area contributed by atoms with E-state index in [0.717, 1.165) is 12.8 Å². The van der Waals surface area contributed by atoms with Crippen molar-refractivity contribution in [3.63, 3.8) is 0 Å². The van der Waals surface area contributed by atoms with Gasteiger partial charge in [-0.25, -0.2) is 0 Å². The second-order valence-electron chi connectivity index (χ2n) is 4.68. The van der Waals surface area contributed by atoms with Crippen LogP contribution in [0.5, 0.6) is 0 Å². The molecule has 0 aliphatic heterocycles. The Balaban J connectivity index is 2.40. The molecule has 2 N–H and O–H groups in total. The maximum atomic E-state index is 10.0. The van der Waals surface area contributed by atoms with Crippen LogP contribution in [-0.4, -0.2) is 17.8 Å². The summed E-state index contributed by atoms with van der Waals surface area (Å²) in [5, 5.41) is 13.4. The average molecular weight is 235 g/mol. The zero-order valence-electron chi connectivity index (χ0n) is 11.2. The van der Waals surface area contributed by atoms with Crippen LogP contribution in [0.25, 0.3) is 0 Å². The molecule has 0 spiro atoms. The van der Waals surface area contributed by atoms with Crippen LogP contribution >= 0.6 is 0 Å². The number of hydrogen-bond acceptors (Lipinski definition) is 2. The molecule has 0 bridgehead atoms. The lowest BCUT2D eigenvalue weighted by molar-refractivity contribution is 0.0989. The van der Waals surface area contributed by atoms with Gasteiger partial charge in [0.1, 0.15) is 0 Å². The summed E-state index contributed by atoms with van der Waals surface area (Å²) in [6.07, 6.45) is 1.84. The smallest absolute Gasteiger partial charge is 0.0692 e. The van der Waals surface area contributed by atoms with E-state index >= 15 is 0 Å². The quantitative estimate of drug-likeness (QED) is 0.761. The molecule has 2 atom stereocenters. The third kappa shape index (κ3) is 4.49. The SMILES string of the molecule is CCC(CC)C(O)CNC(C)c1ccccc1. The number of benzene rings is 1. The summed E-state index contributed by atoms with van der Waals surface area (Å²) >= 11 is 0. The highest BCUT2D eigenvalue weighted by Crippen LogP contribution is 2.15. The highest BCUT2D eigenvalue weighted by atomic mass is 16.3. The van der Waals surface area contributed by atoms with Gasteiger partial charge in [-0.1, -0.05) is 57.0 Å². The first-order valence-electron chi connectivity index (χ1n) is 6.65. The highest BCUT2D eigenvalue weighted by Gasteiger charge is 2.16. The second kappa shape index (κ2) is 7.46. The lowest BCUT2D eigenvalue weighted by Gasteiger charge is -2.23. The van der Waals surface area contributed by atoms with E-state index in [1.54, 1.807) is 0 Å². The van der Waals surface area contributed by atoms with E-state index in [2.05, 4.69) is 38.2 Å². The Bertz CT molecular complexity index is 295. The van der Waals surface area contributed by atoms with Gasteiger partial charge in [-0.2, -0.15) is 0 Å². The van der Waals surface area contributed by atoms with Gasteiger partial charge in [0.25, 0.3) is 0 Å². The van der Waals surface area contributed by atoms with Crippen LogP contribution in [0.4, 0.5) is 0 Å². The Morgan fingerprint density at radius 2 is 1.71 bits per heavy atom. The summed E-state index contributed by atoms with van der Waals surface area (Å²) in [5.74, 6) is 0.408. The van der Waals surface area contributed by atoms with Gasteiger partial charge < -0.3 is 10.4 Å². The molecule has 2 unspecified atom stereocenters. The maximum absolute atomic E-state index is 10.0. The predicted octanol–water partition coefficient (Wildman–Crippen LogP) is 3.13. The lowest BCUT2D eigenvalue weighted by Crippen LogP contribution is -2.33. The van der Waals surface area contributed by atoms with Gasteiger partial charge in [-0.05, 0) is 18.4 Å². The zero-order chi connectivity index (χ0) is 12.7. The summed E-state index contributed by atoms with van der Waals surface area (Å²) in [4.78, 5) is 0. The Morgan fingerprint density at radius 1 is 1.12 bits per heavy atom. The molecule has 0 saturated heterocycles. The van der Waals surface area contributed by atoms with Gasteiger partial charge in [-0.15, -0.1) is 0 Å². The van der Waals surface area contributed by atoms with E-state index in [1.807, 2.05) is 18.2 Å². The number of rotatable bonds is 7. The molecule has 17 heavy (non-hydrogen) atoms. The Hall–Kier alpha value is -0.860. The monoisotopic (exact) mass is 235 g/mol. The number of aliphatic hydroxyl groups is 1. The Kier molecular flexibility index (Phi) is 6.23. The van der Waals surface area contributed by atoms with Gasteiger partial charge >= 0.3 is 0 Å². The van der Waals surface area contributed by atoms with E-state index < -0.39 is 0 Å². The first-order chi connectivity index (χ1) is 8.19. The Morgan fingerprint density at radius 3 is 2.24 bits per heavy atom. The van der Waals surface area contributed by atoms with Gasteiger partial charge in [0.15, 0.2) is 0 Å². The van der Waals surface area contributed by atoms with Crippen molar-refractivity contribution in [2.24, 2.45) is 5.92 Å². The van der Waals surface area contributed by atoms with Crippen molar-refractivity contribution in [1.82, 2.24) is 5.32 Å². The topological polar surface area (TPSA) is 32.3 Å². The molecule has 1 aromatic carbocycles. The molecule has 2 nitrogen and oxygen atoms in total. The molecule has 0 radical (unpaired) electrons. The molecule has 0 aliphatic rings. The molecular weight excluding hydrogens is 210 g/mol. The molecule has 0 aliphatic carbocycles. The minimum absolute atomic E-state index is 0.240. The van der Waals surface area contributed by atoms with Crippen LogP contribution in [0.2, 0.25) is 0 Å². The van der Waals surface area contributed by atoms with Crippen LogP contribution in [0.15, 0.2) is 30.3 Å². The third-order valence-corrected chi connectivity index (χ3v) is 3.53. The van der Waals surface area contributed by atoms with Crippen molar-refractivity contribution in [3.8, 4) is 0 Å². The van der Waals surface area contributed by atoms with Crippen molar-refractivity contribution in [3.05, 3.63) is 35.9 Å². The largest absolute Gasteiger partial charge is 0.392 e. The molecule has 96 valence electrons. The summed E-state index contributed by atoms with van der Waals surface area (Å²) < 4.78 is 0. The van der Waals surface area contributed by atoms with Crippen LogP contribution in [0, 0.1) is 5.92 Å². The summed E-state index contributed by atoms with van der Waals surface area (Å²) in [7, 11) is 0. The zero-order valence-corrected chi connectivity index (χ0v) is 11.2. The fourth-order valence-corrected chi connectivity index (χ4v) is 2.16. The standard InChI is InChI=1S/C15H25NO/c1-4-13(5-2)15(17)11-16-12(3)14-9-7-6-8-10-14/h6-10,12-13,15-17H,4-5,11H2,1-3H3. The summed E-state index contributed by atoms with van der Waals surface area (Å²) in [5.41, 5.74) is 1.27. The summed E-state index contributed by atoms with van der Waals surface area (Å²) in [6.45, 7) is 7.08. The normalized spacial score (nSPS) is 14.9. The number of aliphatic hydroxyl groups excluding tert-OH is 1. The van der Waals surface area contributed by atoms with Crippen molar-refractivity contribution >= 4 is 0 Å². The average Bonchev–Trinajstić information content (AvgIpc) is 2.38.